The van der Waals surface area contributed by atoms with E-state index < -0.39 is 0 Å². The smallest absolute Gasteiger partial charge is 0.255 e. The van der Waals surface area contributed by atoms with Crippen LogP contribution in [0, 0.1) is 5.92 Å². The number of nitrogens with two attached hydrogens (primary N) is 1. The molecule has 1 aliphatic heterocycles. The van der Waals surface area contributed by atoms with Crippen LogP contribution in [-0.4, -0.2) is 37.6 Å². The maximum Gasteiger partial charge on any atom is 0.255 e. The molecule has 4 nitrogen and oxygen atoms in total. The molecule has 1 fully saturated rings. The largest absolute Gasteiger partial charge is 0.398 e. The number of carbonyl (C=O) groups excluding carboxylic acids is 1. The molecule has 1 amide bonds. The van der Waals surface area contributed by atoms with Gasteiger partial charge in [0, 0.05) is 37.5 Å². The van der Waals surface area contributed by atoms with Gasteiger partial charge in [0.1, 0.15) is 0 Å². The first-order chi connectivity index (χ1) is 9.11. The van der Waals surface area contributed by atoms with Gasteiger partial charge in [-0.15, -0.1) is 0 Å². The van der Waals surface area contributed by atoms with E-state index in [2.05, 4.69) is 0 Å². The second kappa shape index (κ2) is 6.26. The first-order valence-electron chi connectivity index (χ1n) is 6.45. The van der Waals surface area contributed by atoms with Crippen LogP contribution in [0.25, 0.3) is 0 Å². The van der Waals surface area contributed by atoms with Crippen molar-refractivity contribution in [2.24, 2.45) is 5.92 Å². The van der Waals surface area contributed by atoms with E-state index in [1.54, 1.807) is 25.3 Å². The summed E-state index contributed by atoms with van der Waals surface area (Å²) < 4.78 is 5.16. The van der Waals surface area contributed by atoms with Crippen molar-refractivity contribution in [3.05, 3.63) is 28.8 Å². The molecule has 0 aliphatic carbocycles. The van der Waals surface area contributed by atoms with Crippen LogP contribution in [0.15, 0.2) is 18.2 Å². The molecule has 5 heteroatoms. The van der Waals surface area contributed by atoms with Crippen molar-refractivity contribution in [2.75, 3.05) is 32.5 Å². The van der Waals surface area contributed by atoms with Gasteiger partial charge in [0.25, 0.3) is 5.91 Å². The van der Waals surface area contributed by atoms with Crippen LogP contribution in [0.4, 0.5) is 5.69 Å². The van der Waals surface area contributed by atoms with E-state index in [1.165, 1.54) is 0 Å². The van der Waals surface area contributed by atoms with E-state index in [0.717, 1.165) is 32.5 Å². The fourth-order valence-corrected chi connectivity index (χ4v) is 2.59. The van der Waals surface area contributed by atoms with Crippen molar-refractivity contribution in [3.63, 3.8) is 0 Å². The third-order valence-corrected chi connectivity index (χ3v) is 3.78. The Labute approximate surface area is 118 Å². The number of benzene rings is 1. The molecule has 1 saturated heterocycles. The number of nitrogen functional groups attached to an aromatic ring is 1. The minimum atomic E-state index is -0.0316. The lowest BCUT2D eigenvalue weighted by atomic mass is 9.97. The number of likely N-dealkylation sites (tertiary alicyclic amines) is 1. The Morgan fingerprint density at radius 1 is 1.47 bits per heavy atom. The molecule has 104 valence electrons. The molecule has 19 heavy (non-hydrogen) atoms. The first kappa shape index (κ1) is 14.2. The Kier molecular flexibility index (Phi) is 4.66. The van der Waals surface area contributed by atoms with Crippen molar-refractivity contribution in [1.82, 2.24) is 4.90 Å². The average molecular weight is 283 g/mol. The summed E-state index contributed by atoms with van der Waals surface area (Å²) in [4.78, 5) is 14.2. The predicted octanol–water partition coefficient (Wildman–Crippen LogP) is 2.42. The van der Waals surface area contributed by atoms with Crippen LogP contribution < -0.4 is 5.73 Å². The summed E-state index contributed by atoms with van der Waals surface area (Å²) >= 11 is 5.92. The maximum absolute atomic E-state index is 12.4. The van der Waals surface area contributed by atoms with Crippen molar-refractivity contribution in [1.29, 1.82) is 0 Å². The van der Waals surface area contributed by atoms with Gasteiger partial charge in [-0.05, 0) is 37.0 Å². The van der Waals surface area contributed by atoms with Crippen LogP contribution in [0.1, 0.15) is 23.2 Å². The number of hydrogen-bond donors (Lipinski definition) is 1. The normalized spacial score (nSPS) is 16.6. The lowest BCUT2D eigenvalue weighted by Crippen LogP contribution is -2.39. The molecule has 2 N–H and O–H groups in total. The van der Waals surface area contributed by atoms with Crippen molar-refractivity contribution in [2.45, 2.75) is 12.8 Å². The van der Waals surface area contributed by atoms with Crippen LogP contribution >= 0.6 is 11.6 Å². The van der Waals surface area contributed by atoms with Gasteiger partial charge in [0.05, 0.1) is 5.56 Å². The van der Waals surface area contributed by atoms with Gasteiger partial charge in [-0.1, -0.05) is 11.6 Å². The van der Waals surface area contributed by atoms with Crippen LogP contribution in [0.2, 0.25) is 5.02 Å². The van der Waals surface area contributed by atoms with Crippen LogP contribution in [-0.2, 0) is 4.74 Å². The van der Waals surface area contributed by atoms with Crippen LogP contribution in [0.5, 0.6) is 0 Å². The Morgan fingerprint density at radius 2 is 2.16 bits per heavy atom. The summed E-state index contributed by atoms with van der Waals surface area (Å²) in [5.41, 5.74) is 6.82. The molecule has 1 heterocycles. The minimum Gasteiger partial charge on any atom is -0.398 e. The zero-order chi connectivity index (χ0) is 13.8. The molecular weight excluding hydrogens is 264 g/mol. The topological polar surface area (TPSA) is 55.6 Å². The number of methoxy groups -OCH3 is 1. The van der Waals surface area contributed by atoms with Gasteiger partial charge in [-0.2, -0.15) is 0 Å². The van der Waals surface area contributed by atoms with Gasteiger partial charge < -0.3 is 15.4 Å². The van der Waals surface area contributed by atoms with E-state index in [-0.39, 0.29) is 5.91 Å². The van der Waals surface area contributed by atoms with Crippen molar-refractivity contribution >= 4 is 23.2 Å². The quantitative estimate of drug-likeness (QED) is 0.866. The molecule has 2 rings (SSSR count). The number of amides is 1. The number of carbonyl (C=O) groups is 1. The van der Waals surface area contributed by atoms with Gasteiger partial charge in [0.2, 0.25) is 0 Å². The highest BCUT2D eigenvalue weighted by molar-refractivity contribution is 6.31. The summed E-state index contributed by atoms with van der Waals surface area (Å²) in [5, 5.41) is 0.534. The average Bonchev–Trinajstić information content (AvgIpc) is 2.42. The lowest BCUT2D eigenvalue weighted by molar-refractivity contribution is 0.0614. The fourth-order valence-electron chi connectivity index (χ4n) is 2.42. The fraction of sp³-hybridized carbons (Fsp3) is 0.500. The monoisotopic (exact) mass is 282 g/mol. The number of hydrogen-bond acceptors (Lipinski definition) is 3. The molecule has 1 aliphatic rings. The standard InChI is InChI=1S/C14H19ClN2O2/c1-19-9-10-4-6-17(7-5-10)14(18)12-8-11(15)2-3-13(12)16/h2-3,8,10H,4-7,9,16H2,1H3. The second-order valence-corrected chi connectivity index (χ2v) is 5.36. The van der Waals surface area contributed by atoms with E-state index in [1.807, 2.05) is 4.90 Å². The van der Waals surface area contributed by atoms with E-state index in [0.29, 0.717) is 22.2 Å². The maximum atomic E-state index is 12.4. The Hall–Kier alpha value is -1.26. The molecule has 0 bridgehead atoms. The number of ether oxygens (including phenoxy) is 1. The summed E-state index contributed by atoms with van der Waals surface area (Å²) in [6.45, 7) is 2.26. The number of anilines is 1. The van der Waals surface area contributed by atoms with Crippen LogP contribution in [0.3, 0.4) is 0 Å². The molecule has 0 aromatic heterocycles. The Morgan fingerprint density at radius 3 is 2.79 bits per heavy atom. The molecule has 1 aromatic rings. The Bertz CT molecular complexity index is 457. The number of piperidine rings is 1. The summed E-state index contributed by atoms with van der Waals surface area (Å²) in [7, 11) is 1.71. The summed E-state index contributed by atoms with van der Waals surface area (Å²) in [6.07, 6.45) is 1.94. The molecular formula is C14H19ClN2O2. The van der Waals surface area contributed by atoms with Crippen molar-refractivity contribution < 1.29 is 9.53 Å². The van der Waals surface area contributed by atoms with Crippen molar-refractivity contribution in [3.8, 4) is 0 Å². The summed E-state index contributed by atoms with van der Waals surface area (Å²) in [6, 6.07) is 5.01. The number of rotatable bonds is 3. The summed E-state index contributed by atoms with van der Waals surface area (Å²) in [5.74, 6) is 0.515. The molecule has 0 radical (unpaired) electrons. The lowest BCUT2D eigenvalue weighted by Gasteiger charge is -2.32. The zero-order valence-corrected chi connectivity index (χ0v) is 11.8. The first-order valence-corrected chi connectivity index (χ1v) is 6.83. The van der Waals surface area contributed by atoms with E-state index in [4.69, 9.17) is 22.1 Å². The zero-order valence-electron chi connectivity index (χ0n) is 11.1. The number of nitrogens with zero attached hydrogens (tertiary/aromatic N) is 1. The molecule has 0 unspecified atom stereocenters. The second-order valence-electron chi connectivity index (χ2n) is 4.92. The number of halogens is 1. The van der Waals surface area contributed by atoms with Gasteiger partial charge >= 0.3 is 0 Å². The highest BCUT2D eigenvalue weighted by Gasteiger charge is 2.24. The Balaban J connectivity index is 2.03. The molecule has 0 saturated carbocycles. The molecule has 0 spiro atoms. The van der Waals surface area contributed by atoms with E-state index >= 15 is 0 Å². The minimum absolute atomic E-state index is 0.0316. The molecule has 0 atom stereocenters. The predicted molar refractivity (Wildman–Crippen MR) is 76.4 cm³/mol. The highest BCUT2D eigenvalue weighted by Crippen LogP contribution is 2.23. The third kappa shape index (κ3) is 3.39. The van der Waals surface area contributed by atoms with E-state index in [9.17, 15) is 4.79 Å². The van der Waals surface area contributed by atoms with Gasteiger partial charge in [0.15, 0.2) is 0 Å². The van der Waals surface area contributed by atoms with Gasteiger partial charge in [-0.25, -0.2) is 0 Å². The highest BCUT2D eigenvalue weighted by atomic mass is 35.5. The third-order valence-electron chi connectivity index (χ3n) is 3.55. The van der Waals surface area contributed by atoms with Gasteiger partial charge in [-0.3, -0.25) is 4.79 Å². The molecule has 1 aromatic carbocycles. The SMILES string of the molecule is COCC1CCN(C(=O)c2cc(Cl)ccc2N)CC1.